The van der Waals surface area contributed by atoms with Crippen molar-refractivity contribution < 1.29 is 0 Å². The van der Waals surface area contributed by atoms with Gasteiger partial charge in [-0.2, -0.15) is 0 Å². The van der Waals surface area contributed by atoms with Crippen molar-refractivity contribution in [2.45, 2.75) is 41.5 Å². The molecule has 0 aliphatic carbocycles. The normalized spacial score (nSPS) is 12.4. The highest BCUT2D eigenvalue weighted by Crippen LogP contribution is 2.26. The molecule has 3 aromatic rings. The van der Waals surface area contributed by atoms with E-state index in [2.05, 4.69) is 88.4 Å². The summed E-state index contributed by atoms with van der Waals surface area (Å²) in [4.78, 5) is 9.77. The van der Waals surface area contributed by atoms with Crippen molar-refractivity contribution in [3.05, 3.63) is 94.0 Å². The van der Waals surface area contributed by atoms with E-state index in [1.165, 1.54) is 22.3 Å². The van der Waals surface area contributed by atoms with Crippen LogP contribution in [0.5, 0.6) is 0 Å². The Morgan fingerprint density at radius 2 is 0.893 bits per heavy atom. The van der Waals surface area contributed by atoms with Gasteiger partial charge in [0.05, 0.1) is 11.4 Å². The average molecular weight is 368 g/mol. The second kappa shape index (κ2) is 8.35. The number of hydrogen-bond acceptors (Lipinski definition) is 2. The highest BCUT2D eigenvalue weighted by Gasteiger charge is 2.07. The number of nitrogens with zero attached hydrogens (tertiary/aromatic N) is 2. The van der Waals surface area contributed by atoms with Crippen molar-refractivity contribution in [3.8, 4) is 0 Å². The minimum atomic E-state index is 0.958. The lowest BCUT2D eigenvalue weighted by Crippen LogP contribution is -2.01. The molecule has 0 heterocycles. The van der Waals surface area contributed by atoms with E-state index in [-0.39, 0.29) is 0 Å². The smallest absolute Gasteiger partial charge is 0.0691 e. The van der Waals surface area contributed by atoms with Gasteiger partial charge in [0.25, 0.3) is 0 Å². The van der Waals surface area contributed by atoms with Crippen molar-refractivity contribution >= 4 is 22.8 Å². The Balaban J connectivity index is 1.98. The predicted octanol–water partition coefficient (Wildman–Crippen LogP) is 7.00. The Hall–Kier alpha value is -3.00. The van der Waals surface area contributed by atoms with Crippen molar-refractivity contribution in [1.29, 1.82) is 0 Å². The quantitative estimate of drug-likeness (QED) is 0.443. The van der Waals surface area contributed by atoms with Crippen LogP contribution in [0, 0.1) is 33.8 Å². The van der Waals surface area contributed by atoms with Gasteiger partial charge in [0, 0.05) is 28.6 Å². The van der Waals surface area contributed by atoms with Crippen molar-refractivity contribution in [2.24, 2.45) is 9.98 Å². The number of rotatable bonds is 4. The second-order valence-corrected chi connectivity index (χ2v) is 7.35. The van der Waals surface area contributed by atoms with E-state index in [9.17, 15) is 0 Å². The van der Waals surface area contributed by atoms with Crippen LogP contribution in [-0.4, -0.2) is 11.4 Å². The van der Waals surface area contributed by atoms with Crippen LogP contribution in [0.25, 0.3) is 0 Å². The van der Waals surface area contributed by atoms with Crippen LogP contribution in [0.1, 0.15) is 47.2 Å². The highest BCUT2D eigenvalue weighted by atomic mass is 14.8. The summed E-state index contributed by atoms with van der Waals surface area (Å²) in [5, 5.41) is 0. The molecule has 0 fully saturated rings. The van der Waals surface area contributed by atoms with Gasteiger partial charge in [-0.05, 0) is 63.8 Å². The maximum absolute atomic E-state index is 4.89. The first-order valence-electron chi connectivity index (χ1n) is 9.63. The molecule has 0 saturated carbocycles. The summed E-state index contributed by atoms with van der Waals surface area (Å²) in [6, 6.07) is 22.2. The van der Waals surface area contributed by atoms with Crippen molar-refractivity contribution in [1.82, 2.24) is 0 Å². The summed E-state index contributed by atoms with van der Waals surface area (Å²) in [5.41, 5.74) is 10.7. The number of benzene rings is 3. The monoisotopic (exact) mass is 367 g/mol. The molecule has 2 nitrogen and oxygen atoms in total. The first-order chi connectivity index (χ1) is 13.4. The van der Waals surface area contributed by atoms with E-state index in [1.807, 2.05) is 13.8 Å². The first-order valence-corrected chi connectivity index (χ1v) is 9.63. The molecule has 0 saturated heterocycles. The zero-order valence-electron chi connectivity index (χ0n) is 17.6. The van der Waals surface area contributed by atoms with Gasteiger partial charge in [-0.15, -0.1) is 0 Å². The van der Waals surface area contributed by atoms with Crippen LogP contribution in [0.3, 0.4) is 0 Å². The highest BCUT2D eigenvalue weighted by molar-refractivity contribution is 6.05. The molecule has 0 bridgehead atoms. The molecule has 0 aliphatic rings. The molecule has 0 aliphatic heterocycles. The fraction of sp³-hybridized carbons (Fsp3) is 0.231. The summed E-state index contributed by atoms with van der Waals surface area (Å²) in [6.45, 7) is 12.5. The summed E-state index contributed by atoms with van der Waals surface area (Å²) in [6.07, 6.45) is 0. The van der Waals surface area contributed by atoms with Gasteiger partial charge in [0.15, 0.2) is 0 Å². The van der Waals surface area contributed by atoms with Gasteiger partial charge in [-0.1, -0.05) is 54.6 Å². The molecule has 3 aromatic carbocycles. The van der Waals surface area contributed by atoms with E-state index in [4.69, 9.17) is 9.98 Å². The largest absolute Gasteiger partial charge is 0.253 e. The summed E-state index contributed by atoms with van der Waals surface area (Å²) < 4.78 is 0. The van der Waals surface area contributed by atoms with E-state index in [1.54, 1.807) is 0 Å². The topological polar surface area (TPSA) is 24.7 Å². The van der Waals surface area contributed by atoms with E-state index in [0.29, 0.717) is 0 Å². The van der Waals surface area contributed by atoms with Crippen LogP contribution in [0.4, 0.5) is 11.4 Å². The van der Waals surface area contributed by atoms with Crippen LogP contribution >= 0.6 is 0 Å². The predicted molar refractivity (Wildman–Crippen MR) is 121 cm³/mol. The number of para-hydroxylation sites is 2. The Kier molecular flexibility index (Phi) is 5.89. The molecule has 0 amide bonds. The zero-order valence-corrected chi connectivity index (χ0v) is 17.6. The molecule has 3 rings (SSSR count). The van der Waals surface area contributed by atoms with E-state index in [0.717, 1.165) is 33.9 Å². The van der Waals surface area contributed by atoms with Crippen LogP contribution in [-0.2, 0) is 0 Å². The van der Waals surface area contributed by atoms with Crippen molar-refractivity contribution in [3.63, 3.8) is 0 Å². The van der Waals surface area contributed by atoms with Crippen molar-refractivity contribution in [2.75, 3.05) is 0 Å². The summed E-state index contributed by atoms with van der Waals surface area (Å²) in [7, 11) is 0. The molecule has 0 unspecified atom stereocenters. The molecule has 2 heteroatoms. The summed E-state index contributed by atoms with van der Waals surface area (Å²) in [5.74, 6) is 0. The molecule has 0 spiro atoms. The minimum absolute atomic E-state index is 0.958. The Morgan fingerprint density at radius 1 is 0.571 bits per heavy atom. The zero-order chi connectivity index (χ0) is 20.3. The lowest BCUT2D eigenvalue weighted by Gasteiger charge is -2.09. The molecular formula is C26H27N2. The molecule has 28 heavy (non-hydrogen) atoms. The molecule has 0 aromatic heterocycles. The van der Waals surface area contributed by atoms with E-state index >= 15 is 0 Å². The molecular weight excluding hydrogens is 340 g/mol. The average Bonchev–Trinajstić information content (AvgIpc) is 2.67. The molecule has 1 radical (unpaired) electrons. The van der Waals surface area contributed by atoms with Gasteiger partial charge in [-0.3, -0.25) is 9.98 Å². The Labute approximate surface area is 168 Å². The lowest BCUT2D eigenvalue weighted by atomic mass is 10.0. The first kappa shape index (κ1) is 19.8. The van der Waals surface area contributed by atoms with Gasteiger partial charge in [0.1, 0.15) is 0 Å². The third-order valence-electron chi connectivity index (χ3n) is 5.01. The Bertz CT molecular complexity index is 948. The fourth-order valence-electron chi connectivity index (χ4n) is 3.31. The van der Waals surface area contributed by atoms with Crippen LogP contribution in [0.15, 0.2) is 64.6 Å². The second-order valence-electron chi connectivity index (χ2n) is 7.35. The minimum Gasteiger partial charge on any atom is -0.253 e. The van der Waals surface area contributed by atoms with E-state index < -0.39 is 0 Å². The molecule has 0 atom stereocenters. The third-order valence-corrected chi connectivity index (χ3v) is 5.01. The maximum Gasteiger partial charge on any atom is 0.0691 e. The standard InChI is InChI=1S/C26H27N2/c1-17-10-7-11-18(2)25(17)27-21(5)23-14-9-15-24(16-23)22(6)28-26-19(3)12-8-13-20(26)4/h7-15H,1-6H3. The Morgan fingerprint density at radius 3 is 1.25 bits per heavy atom. The third kappa shape index (κ3) is 4.28. The lowest BCUT2D eigenvalue weighted by molar-refractivity contribution is 1.31. The van der Waals surface area contributed by atoms with Gasteiger partial charge in [-0.25, -0.2) is 0 Å². The number of aliphatic imine (C=N–C) groups is 2. The SMILES string of the molecule is CC(=Nc1c(C)cccc1C)c1[c]c(C(C)=Nc2c(C)cccc2C)ccc1. The maximum atomic E-state index is 4.89. The number of hydrogen-bond donors (Lipinski definition) is 0. The summed E-state index contributed by atoms with van der Waals surface area (Å²) >= 11 is 0. The molecule has 0 N–H and O–H groups in total. The number of aryl methyl sites for hydroxylation is 4. The van der Waals surface area contributed by atoms with Gasteiger partial charge >= 0.3 is 0 Å². The van der Waals surface area contributed by atoms with Gasteiger partial charge in [0.2, 0.25) is 0 Å². The fourth-order valence-corrected chi connectivity index (χ4v) is 3.31. The van der Waals surface area contributed by atoms with Crippen LogP contribution in [0.2, 0.25) is 0 Å². The van der Waals surface area contributed by atoms with Crippen LogP contribution < -0.4 is 0 Å². The van der Waals surface area contributed by atoms with Gasteiger partial charge < -0.3 is 0 Å². The molecule has 141 valence electrons.